The molecule has 2 aromatic rings. The largest absolute Gasteiger partial charge is 0.378 e. The van der Waals surface area contributed by atoms with Crippen molar-refractivity contribution in [2.24, 2.45) is 4.99 Å². The number of carbonyl (C=O) groups excluding carboxylic acids is 1. The fourth-order valence-corrected chi connectivity index (χ4v) is 1.43. The average Bonchev–Trinajstić information content (AvgIpc) is 2.78. The van der Waals surface area contributed by atoms with Gasteiger partial charge in [0.05, 0.1) is 0 Å². The minimum Gasteiger partial charge on any atom is -0.378 e. The Bertz CT molecular complexity index is 551. The van der Waals surface area contributed by atoms with Crippen molar-refractivity contribution in [2.75, 3.05) is 19.0 Å². The van der Waals surface area contributed by atoms with Gasteiger partial charge in [-0.2, -0.15) is 0 Å². The molecule has 0 amide bonds. The molecule has 0 aliphatic rings. The SMILES string of the molecule is CN(C)c1ccc(-c2cc(N=C=O)on2)cc1. The van der Waals surface area contributed by atoms with Gasteiger partial charge in [0.15, 0.2) is 0 Å². The van der Waals surface area contributed by atoms with E-state index in [0.717, 1.165) is 11.3 Å². The molecule has 0 spiro atoms. The van der Waals surface area contributed by atoms with E-state index in [4.69, 9.17) is 4.52 Å². The minimum atomic E-state index is 0.159. The smallest absolute Gasteiger partial charge is 0.261 e. The van der Waals surface area contributed by atoms with Gasteiger partial charge >= 0.3 is 0 Å². The highest BCUT2D eigenvalue weighted by Crippen LogP contribution is 2.24. The number of anilines is 1. The fourth-order valence-electron chi connectivity index (χ4n) is 1.43. The molecule has 0 unspecified atom stereocenters. The summed E-state index contributed by atoms with van der Waals surface area (Å²) in [6.07, 6.45) is 1.41. The Hall–Kier alpha value is -2.39. The summed E-state index contributed by atoms with van der Waals surface area (Å²) in [7, 11) is 3.95. The Kier molecular flexibility index (Phi) is 3.03. The summed E-state index contributed by atoms with van der Waals surface area (Å²) in [5.41, 5.74) is 2.65. The number of nitrogens with zero attached hydrogens (tertiary/aromatic N) is 3. The highest BCUT2D eigenvalue weighted by molar-refractivity contribution is 5.64. The normalized spacial score (nSPS) is 9.76. The molecule has 5 nitrogen and oxygen atoms in total. The minimum absolute atomic E-state index is 0.159. The van der Waals surface area contributed by atoms with Gasteiger partial charge in [-0.25, -0.2) is 4.79 Å². The average molecular weight is 229 g/mol. The first-order chi connectivity index (χ1) is 8.20. The highest BCUT2D eigenvalue weighted by atomic mass is 16.5. The molecule has 0 fully saturated rings. The molecule has 2 rings (SSSR count). The van der Waals surface area contributed by atoms with Crippen molar-refractivity contribution in [2.45, 2.75) is 0 Å². The molecule has 5 heteroatoms. The Morgan fingerprint density at radius 1 is 1.29 bits per heavy atom. The van der Waals surface area contributed by atoms with Gasteiger partial charge in [0.1, 0.15) is 5.69 Å². The molecule has 1 aromatic carbocycles. The van der Waals surface area contributed by atoms with Gasteiger partial charge in [-0.05, 0) is 12.1 Å². The van der Waals surface area contributed by atoms with Crippen molar-refractivity contribution in [3.05, 3.63) is 30.3 Å². The van der Waals surface area contributed by atoms with Crippen LogP contribution < -0.4 is 4.90 Å². The van der Waals surface area contributed by atoms with Gasteiger partial charge in [0, 0.05) is 31.4 Å². The van der Waals surface area contributed by atoms with Crippen molar-refractivity contribution in [3.63, 3.8) is 0 Å². The lowest BCUT2D eigenvalue weighted by molar-refractivity contribution is 0.432. The van der Waals surface area contributed by atoms with Crippen LogP contribution in [0.5, 0.6) is 0 Å². The van der Waals surface area contributed by atoms with Crippen LogP contribution in [-0.4, -0.2) is 25.3 Å². The van der Waals surface area contributed by atoms with E-state index in [9.17, 15) is 4.79 Å². The first-order valence-corrected chi connectivity index (χ1v) is 5.03. The lowest BCUT2D eigenvalue weighted by Crippen LogP contribution is -2.07. The standard InChI is InChI=1S/C12H11N3O2/c1-15(2)10-5-3-9(4-6-10)11-7-12(13-8-16)17-14-11/h3-7H,1-2H3. The van der Waals surface area contributed by atoms with Crippen LogP contribution in [-0.2, 0) is 4.79 Å². The lowest BCUT2D eigenvalue weighted by Gasteiger charge is -2.11. The Morgan fingerprint density at radius 3 is 2.59 bits per heavy atom. The molecule has 0 aliphatic heterocycles. The number of isocyanates is 1. The first-order valence-electron chi connectivity index (χ1n) is 5.03. The Morgan fingerprint density at radius 2 is 2.00 bits per heavy atom. The lowest BCUT2D eigenvalue weighted by atomic mass is 10.1. The second kappa shape index (κ2) is 4.63. The number of hydrogen-bond donors (Lipinski definition) is 0. The zero-order chi connectivity index (χ0) is 12.3. The van der Waals surface area contributed by atoms with Gasteiger partial charge in [-0.3, -0.25) is 0 Å². The quantitative estimate of drug-likeness (QED) is 0.599. The van der Waals surface area contributed by atoms with Crippen molar-refractivity contribution >= 4 is 17.7 Å². The summed E-state index contributed by atoms with van der Waals surface area (Å²) in [6.45, 7) is 0. The predicted molar refractivity (Wildman–Crippen MR) is 64.0 cm³/mol. The molecule has 0 saturated heterocycles. The maximum atomic E-state index is 10.1. The Labute approximate surface area is 98.4 Å². The van der Waals surface area contributed by atoms with Crippen LogP contribution in [0.1, 0.15) is 0 Å². The van der Waals surface area contributed by atoms with Crippen molar-refractivity contribution in [1.82, 2.24) is 5.16 Å². The third-order valence-corrected chi connectivity index (χ3v) is 2.33. The Balaban J connectivity index is 2.29. The zero-order valence-electron chi connectivity index (χ0n) is 9.54. The third kappa shape index (κ3) is 2.41. The molecule has 0 bridgehead atoms. The van der Waals surface area contributed by atoms with Crippen LogP contribution in [0.4, 0.5) is 11.6 Å². The van der Waals surface area contributed by atoms with Crippen molar-refractivity contribution in [3.8, 4) is 11.3 Å². The third-order valence-electron chi connectivity index (χ3n) is 2.33. The number of rotatable bonds is 3. The molecular formula is C12H11N3O2. The summed E-state index contributed by atoms with van der Waals surface area (Å²) in [5.74, 6) is 0.159. The van der Waals surface area contributed by atoms with E-state index in [1.165, 1.54) is 6.08 Å². The van der Waals surface area contributed by atoms with E-state index in [1.807, 2.05) is 43.3 Å². The van der Waals surface area contributed by atoms with E-state index >= 15 is 0 Å². The molecule has 0 N–H and O–H groups in total. The number of benzene rings is 1. The van der Waals surface area contributed by atoms with Crippen LogP contribution >= 0.6 is 0 Å². The van der Waals surface area contributed by atoms with Crippen LogP contribution in [0.15, 0.2) is 39.8 Å². The van der Waals surface area contributed by atoms with Crippen LogP contribution in [0.25, 0.3) is 11.3 Å². The van der Waals surface area contributed by atoms with Gasteiger partial charge in [-0.1, -0.05) is 17.3 Å². The van der Waals surface area contributed by atoms with E-state index < -0.39 is 0 Å². The number of aliphatic imine (C=N–C) groups is 1. The topological polar surface area (TPSA) is 58.7 Å². The fraction of sp³-hybridized carbons (Fsp3) is 0.167. The first kappa shape index (κ1) is 11.1. The van der Waals surface area contributed by atoms with Crippen LogP contribution in [0.2, 0.25) is 0 Å². The number of hydrogen-bond acceptors (Lipinski definition) is 5. The number of aromatic nitrogens is 1. The molecule has 0 saturated carbocycles. The molecule has 1 heterocycles. The van der Waals surface area contributed by atoms with Crippen LogP contribution in [0, 0.1) is 0 Å². The molecule has 17 heavy (non-hydrogen) atoms. The zero-order valence-corrected chi connectivity index (χ0v) is 9.54. The maximum absolute atomic E-state index is 10.1. The van der Waals surface area contributed by atoms with Gasteiger partial charge in [0.25, 0.3) is 5.88 Å². The van der Waals surface area contributed by atoms with Crippen molar-refractivity contribution in [1.29, 1.82) is 0 Å². The van der Waals surface area contributed by atoms with Gasteiger partial charge < -0.3 is 9.42 Å². The van der Waals surface area contributed by atoms with E-state index in [-0.39, 0.29) is 5.88 Å². The second-order valence-corrected chi connectivity index (χ2v) is 3.69. The molecule has 0 atom stereocenters. The highest BCUT2D eigenvalue weighted by Gasteiger charge is 2.05. The van der Waals surface area contributed by atoms with E-state index in [0.29, 0.717) is 5.69 Å². The van der Waals surface area contributed by atoms with E-state index in [1.54, 1.807) is 6.07 Å². The van der Waals surface area contributed by atoms with Gasteiger partial charge in [-0.15, -0.1) is 4.99 Å². The summed E-state index contributed by atoms with van der Waals surface area (Å²) < 4.78 is 4.85. The molecule has 0 radical (unpaired) electrons. The van der Waals surface area contributed by atoms with Crippen molar-refractivity contribution < 1.29 is 9.32 Å². The second-order valence-electron chi connectivity index (χ2n) is 3.69. The molecule has 0 aliphatic carbocycles. The molecular weight excluding hydrogens is 218 g/mol. The summed E-state index contributed by atoms with van der Waals surface area (Å²) >= 11 is 0. The molecule has 1 aromatic heterocycles. The van der Waals surface area contributed by atoms with Crippen LogP contribution in [0.3, 0.4) is 0 Å². The predicted octanol–water partition coefficient (Wildman–Crippen LogP) is 2.37. The molecule has 86 valence electrons. The van der Waals surface area contributed by atoms with Gasteiger partial charge in [0.2, 0.25) is 6.08 Å². The van der Waals surface area contributed by atoms with E-state index in [2.05, 4.69) is 10.1 Å². The summed E-state index contributed by atoms with van der Waals surface area (Å²) in [4.78, 5) is 15.4. The maximum Gasteiger partial charge on any atom is 0.261 e. The monoisotopic (exact) mass is 229 g/mol. The summed E-state index contributed by atoms with van der Waals surface area (Å²) in [6, 6.07) is 9.41. The summed E-state index contributed by atoms with van der Waals surface area (Å²) in [5, 5.41) is 3.82.